The van der Waals surface area contributed by atoms with Crippen molar-refractivity contribution in [1.29, 1.82) is 10.5 Å². The maximum absolute atomic E-state index is 9.59. The van der Waals surface area contributed by atoms with E-state index in [1.54, 1.807) is 0 Å². The lowest BCUT2D eigenvalue weighted by atomic mass is 9.61. The van der Waals surface area contributed by atoms with Crippen LogP contribution in [0.4, 0.5) is 22.7 Å². The van der Waals surface area contributed by atoms with Gasteiger partial charge in [0.1, 0.15) is 0 Å². The van der Waals surface area contributed by atoms with Crippen LogP contribution in [0.1, 0.15) is 101 Å². The van der Waals surface area contributed by atoms with Crippen molar-refractivity contribution < 1.29 is 0 Å². The highest BCUT2D eigenvalue weighted by molar-refractivity contribution is 6.21. The zero-order chi connectivity index (χ0) is 41.0. The summed E-state index contributed by atoms with van der Waals surface area (Å²) < 4.78 is 0. The normalized spacial score (nSPS) is 25.3. The third kappa shape index (κ3) is 4.83. The van der Waals surface area contributed by atoms with Gasteiger partial charge in [-0.15, -0.1) is 0 Å². The van der Waals surface area contributed by atoms with Crippen LogP contribution in [0.25, 0.3) is 43.8 Å². The predicted molar refractivity (Wildman–Crippen MR) is 247 cm³/mol. The first kappa shape index (κ1) is 36.7. The summed E-state index contributed by atoms with van der Waals surface area (Å²) in [5.41, 5.74) is 14.0. The lowest BCUT2D eigenvalue weighted by Gasteiger charge is -2.50. The van der Waals surface area contributed by atoms with Crippen LogP contribution in [0.2, 0.25) is 0 Å². The Hall–Kier alpha value is -6.36. The highest BCUT2D eigenvalue weighted by Gasteiger charge is 2.59. The zero-order valence-corrected chi connectivity index (χ0v) is 35.1. The van der Waals surface area contributed by atoms with Crippen molar-refractivity contribution in [2.75, 3.05) is 9.80 Å². The van der Waals surface area contributed by atoms with Crippen molar-refractivity contribution in [3.63, 3.8) is 0 Å². The number of hydrogen-bond donors (Lipinski definition) is 0. The summed E-state index contributed by atoms with van der Waals surface area (Å²) in [5.74, 6) is 0. The van der Waals surface area contributed by atoms with Crippen LogP contribution >= 0.6 is 0 Å². The topological polar surface area (TPSA) is 54.1 Å². The molecule has 0 bridgehead atoms. The van der Waals surface area contributed by atoms with Crippen molar-refractivity contribution in [2.45, 2.75) is 101 Å². The van der Waals surface area contributed by atoms with E-state index in [0.717, 1.165) is 37.1 Å². The Kier molecular flexibility index (Phi) is 7.99. The number of hydrogen-bond acceptors (Lipinski definition) is 4. The molecule has 7 aromatic carbocycles. The molecule has 294 valence electrons. The van der Waals surface area contributed by atoms with Crippen molar-refractivity contribution >= 4 is 44.3 Å². The van der Waals surface area contributed by atoms with Gasteiger partial charge in [0.05, 0.1) is 34.3 Å². The minimum absolute atomic E-state index is 0.0319. The minimum Gasteiger partial charge on any atom is -0.334 e. The number of nitriles is 2. The third-order valence-electron chi connectivity index (χ3n) is 16.2. The number of fused-ring (bicyclic) bond motifs is 8. The van der Waals surface area contributed by atoms with E-state index in [4.69, 9.17) is 0 Å². The molecular weight excluding hydrogens is 729 g/mol. The molecule has 0 radical (unpaired) electrons. The Morgan fingerprint density at radius 2 is 0.783 bits per heavy atom. The highest BCUT2D eigenvalue weighted by Crippen LogP contribution is 2.63. The summed E-state index contributed by atoms with van der Waals surface area (Å²) in [6, 6.07) is 53.8. The van der Waals surface area contributed by atoms with Crippen LogP contribution in [0.5, 0.6) is 0 Å². The van der Waals surface area contributed by atoms with Crippen molar-refractivity contribution in [2.24, 2.45) is 0 Å². The predicted octanol–water partition coefficient (Wildman–Crippen LogP) is 14.6. The van der Waals surface area contributed by atoms with E-state index in [1.165, 1.54) is 92.0 Å². The highest BCUT2D eigenvalue weighted by atomic mass is 15.3. The van der Waals surface area contributed by atoms with Gasteiger partial charge < -0.3 is 9.80 Å². The van der Waals surface area contributed by atoms with Gasteiger partial charge in [-0.1, -0.05) is 100 Å². The van der Waals surface area contributed by atoms with Crippen LogP contribution < -0.4 is 9.80 Å². The van der Waals surface area contributed by atoms with Gasteiger partial charge in [-0.2, -0.15) is 10.5 Å². The van der Waals surface area contributed by atoms with E-state index in [-0.39, 0.29) is 21.9 Å². The average Bonchev–Trinajstić information content (AvgIpc) is 3.62. The van der Waals surface area contributed by atoms with Crippen LogP contribution in [-0.4, -0.2) is 11.1 Å². The molecule has 2 aliphatic carbocycles. The number of rotatable bonds is 4. The van der Waals surface area contributed by atoms with E-state index < -0.39 is 0 Å². The molecule has 0 spiro atoms. The summed E-state index contributed by atoms with van der Waals surface area (Å²) in [7, 11) is 0. The van der Waals surface area contributed by atoms with Crippen molar-refractivity contribution in [3.05, 3.63) is 156 Å². The van der Waals surface area contributed by atoms with Crippen molar-refractivity contribution in [3.8, 4) is 34.4 Å². The van der Waals surface area contributed by atoms with Gasteiger partial charge in [0.25, 0.3) is 0 Å². The van der Waals surface area contributed by atoms with E-state index in [9.17, 15) is 10.5 Å². The van der Waals surface area contributed by atoms with E-state index in [1.807, 2.05) is 24.3 Å². The summed E-state index contributed by atoms with van der Waals surface area (Å²) in [6.07, 6.45) is 9.41. The SMILES string of the molecule is CC12CCCCC1(C)N(c1ccc(C#N)cc1)c1ccc(-c3c4ccccc4c(-c4ccc5c(c4)C4(C)CCCCC4(C)N5c4ccc(C#N)cc4)c4ccccc34)cc12. The Bertz CT molecular complexity index is 2730. The van der Waals surface area contributed by atoms with E-state index >= 15 is 0 Å². The van der Waals surface area contributed by atoms with Gasteiger partial charge >= 0.3 is 0 Å². The Morgan fingerprint density at radius 1 is 0.433 bits per heavy atom. The van der Waals surface area contributed by atoms with Gasteiger partial charge in [0, 0.05) is 33.6 Å². The second-order valence-corrected chi connectivity index (χ2v) is 18.9. The minimum atomic E-state index is -0.0807. The summed E-state index contributed by atoms with van der Waals surface area (Å²) in [4.78, 5) is 5.19. The first-order chi connectivity index (χ1) is 29.1. The maximum atomic E-state index is 9.59. The van der Waals surface area contributed by atoms with Gasteiger partial charge in [-0.05, 0) is 167 Å². The quantitative estimate of drug-likeness (QED) is 0.167. The largest absolute Gasteiger partial charge is 0.334 e. The fourth-order valence-corrected chi connectivity index (χ4v) is 12.7. The Labute approximate surface area is 354 Å². The molecule has 4 aliphatic rings. The average molecular weight is 779 g/mol. The first-order valence-corrected chi connectivity index (χ1v) is 22.0. The summed E-state index contributed by atoms with van der Waals surface area (Å²) in [6.45, 7) is 9.96. The van der Waals surface area contributed by atoms with E-state index in [2.05, 4.69) is 159 Å². The molecule has 2 aliphatic heterocycles. The van der Waals surface area contributed by atoms with Gasteiger partial charge in [0.2, 0.25) is 0 Å². The molecule has 2 heterocycles. The van der Waals surface area contributed by atoms with Crippen LogP contribution in [0, 0.1) is 22.7 Å². The molecule has 2 saturated carbocycles. The summed E-state index contributed by atoms with van der Waals surface area (Å²) in [5, 5.41) is 24.3. The fourth-order valence-electron chi connectivity index (χ4n) is 12.7. The number of nitrogens with zero attached hydrogens (tertiary/aromatic N) is 4. The van der Waals surface area contributed by atoms with Crippen LogP contribution in [0.3, 0.4) is 0 Å². The molecule has 11 rings (SSSR count). The van der Waals surface area contributed by atoms with Gasteiger partial charge in [-0.25, -0.2) is 0 Å². The molecule has 4 unspecified atom stereocenters. The molecule has 0 amide bonds. The molecule has 0 saturated heterocycles. The van der Waals surface area contributed by atoms with Crippen LogP contribution in [-0.2, 0) is 10.8 Å². The lowest BCUT2D eigenvalue weighted by molar-refractivity contribution is 0.195. The second kappa shape index (κ2) is 13.1. The molecule has 0 N–H and O–H groups in total. The van der Waals surface area contributed by atoms with Crippen LogP contribution in [0.15, 0.2) is 133 Å². The molecule has 4 nitrogen and oxygen atoms in total. The number of benzene rings is 7. The number of anilines is 4. The molecule has 60 heavy (non-hydrogen) atoms. The molecule has 4 heteroatoms. The molecular formula is C56H50N4. The van der Waals surface area contributed by atoms with Gasteiger partial charge in [0.15, 0.2) is 0 Å². The van der Waals surface area contributed by atoms with E-state index in [0.29, 0.717) is 11.1 Å². The third-order valence-corrected chi connectivity index (χ3v) is 16.2. The molecule has 2 fully saturated rings. The Morgan fingerprint density at radius 3 is 1.13 bits per heavy atom. The maximum Gasteiger partial charge on any atom is 0.0991 e. The Balaban J connectivity index is 1.10. The molecule has 4 atom stereocenters. The summed E-state index contributed by atoms with van der Waals surface area (Å²) >= 11 is 0. The van der Waals surface area contributed by atoms with Gasteiger partial charge in [-0.3, -0.25) is 0 Å². The standard InChI is InChI=1S/C56H50N4/c1-53-29-9-11-31-55(53,3)59(41-23-17-37(35-57)18-24-41)49-27-21-39(33-47(49)53)51-43-13-5-7-15-45(43)52(46-16-8-6-14-44(46)51)40-22-28-50-48(34-40)54(2)30-10-12-32-56(54,4)60(50)42-25-19-38(36-58)20-26-42/h5-8,13-28,33-34H,9-12,29-32H2,1-4H3. The smallest absolute Gasteiger partial charge is 0.0991 e. The first-order valence-electron chi connectivity index (χ1n) is 22.0. The lowest BCUT2D eigenvalue weighted by Crippen LogP contribution is -2.54. The molecule has 0 aromatic heterocycles. The monoisotopic (exact) mass is 778 g/mol. The van der Waals surface area contributed by atoms with Crippen molar-refractivity contribution in [1.82, 2.24) is 0 Å². The second-order valence-electron chi connectivity index (χ2n) is 18.9. The molecule has 7 aromatic rings. The zero-order valence-electron chi connectivity index (χ0n) is 35.1. The fraction of sp³-hybridized carbons (Fsp3) is 0.286.